The molecule has 0 aliphatic rings. The average Bonchev–Trinajstić information content (AvgIpc) is 3.36. The number of nitrogens with two attached hydrogens (primary N) is 1. The van der Waals surface area contributed by atoms with Gasteiger partial charge in [0.15, 0.2) is 5.65 Å². The number of carbonyl (C=O) groups excluding carboxylic acids is 1. The van der Waals surface area contributed by atoms with E-state index in [1.54, 1.807) is 23.1 Å². The Labute approximate surface area is 226 Å². The Balaban J connectivity index is 1.53. The van der Waals surface area contributed by atoms with Crippen LogP contribution < -0.4 is 16.6 Å². The van der Waals surface area contributed by atoms with Crippen LogP contribution >= 0.6 is 0 Å². The van der Waals surface area contributed by atoms with Crippen LogP contribution in [-0.4, -0.2) is 30.6 Å². The topological polar surface area (TPSA) is 132 Å². The molecule has 0 saturated carbocycles. The van der Waals surface area contributed by atoms with Gasteiger partial charge in [0.25, 0.3) is 11.5 Å². The average molecular weight is 522 g/mol. The van der Waals surface area contributed by atoms with Crippen LogP contribution in [0.25, 0.3) is 33.5 Å². The maximum Gasteiger partial charge on any atom is 0.253 e. The number of H-pyrrole nitrogens is 1. The number of nitrogens with one attached hydrogen (secondary N) is 2. The molecule has 0 radical (unpaired) electrons. The molecule has 0 bridgehead atoms. The van der Waals surface area contributed by atoms with Crippen LogP contribution in [0.4, 0.5) is 0 Å². The van der Waals surface area contributed by atoms with Crippen molar-refractivity contribution in [3.8, 4) is 22.5 Å². The first-order valence-electron chi connectivity index (χ1n) is 12.9. The number of nitrogens with zero attached hydrogens (tertiary/aromatic N) is 4. The van der Waals surface area contributed by atoms with Crippen molar-refractivity contribution in [1.82, 2.24) is 30.0 Å². The van der Waals surface area contributed by atoms with Crippen LogP contribution in [0, 0.1) is 13.8 Å². The number of hydrogen-bond donors (Lipinski definition) is 3. The third-order valence-corrected chi connectivity index (χ3v) is 6.79. The van der Waals surface area contributed by atoms with E-state index in [0.29, 0.717) is 34.4 Å². The molecule has 0 fully saturated rings. The molecule has 0 aliphatic heterocycles. The second-order valence-corrected chi connectivity index (χ2v) is 9.89. The maximum atomic E-state index is 13.5. The van der Waals surface area contributed by atoms with E-state index >= 15 is 0 Å². The van der Waals surface area contributed by atoms with E-state index in [-0.39, 0.29) is 24.1 Å². The molecule has 5 aromatic rings. The number of aromatic nitrogens is 5. The summed E-state index contributed by atoms with van der Waals surface area (Å²) in [4.78, 5) is 38.3. The van der Waals surface area contributed by atoms with Gasteiger partial charge in [0.1, 0.15) is 0 Å². The number of rotatable bonds is 7. The molecule has 1 aromatic carbocycles. The van der Waals surface area contributed by atoms with Crippen LogP contribution in [0.5, 0.6) is 0 Å². The molecule has 4 heterocycles. The minimum absolute atomic E-state index is 0.0446. The van der Waals surface area contributed by atoms with Gasteiger partial charge in [-0.2, -0.15) is 5.10 Å². The summed E-state index contributed by atoms with van der Waals surface area (Å²) in [5, 5.41) is 8.05. The summed E-state index contributed by atoms with van der Waals surface area (Å²) in [6.45, 7) is 8.24. The molecule has 0 spiro atoms. The summed E-state index contributed by atoms with van der Waals surface area (Å²) < 4.78 is 1.80. The fraction of sp³-hybridized carbons (Fsp3) is 0.233. The van der Waals surface area contributed by atoms with Crippen molar-refractivity contribution >= 4 is 16.9 Å². The molecule has 1 amide bonds. The molecule has 5 rings (SSSR count). The first-order chi connectivity index (χ1) is 18.8. The van der Waals surface area contributed by atoms with Gasteiger partial charge in [-0.25, -0.2) is 9.67 Å². The summed E-state index contributed by atoms with van der Waals surface area (Å²) in [5.41, 5.74) is 13.0. The fourth-order valence-electron chi connectivity index (χ4n) is 4.75. The van der Waals surface area contributed by atoms with Crippen LogP contribution in [0.15, 0.2) is 65.7 Å². The zero-order chi connectivity index (χ0) is 27.7. The van der Waals surface area contributed by atoms with Crippen molar-refractivity contribution in [1.29, 1.82) is 0 Å². The first kappa shape index (κ1) is 26.0. The van der Waals surface area contributed by atoms with E-state index in [0.717, 1.165) is 33.6 Å². The maximum absolute atomic E-state index is 13.5. The van der Waals surface area contributed by atoms with Crippen LogP contribution in [0.2, 0.25) is 0 Å². The van der Waals surface area contributed by atoms with E-state index in [2.05, 4.69) is 20.4 Å². The van der Waals surface area contributed by atoms with Crippen molar-refractivity contribution in [3.05, 3.63) is 99.2 Å². The monoisotopic (exact) mass is 521 g/mol. The molecule has 9 heteroatoms. The molecule has 0 aliphatic carbocycles. The summed E-state index contributed by atoms with van der Waals surface area (Å²) in [6.07, 6.45) is 3.42. The fourth-order valence-corrected chi connectivity index (χ4v) is 4.75. The summed E-state index contributed by atoms with van der Waals surface area (Å²) >= 11 is 0. The van der Waals surface area contributed by atoms with Crippen molar-refractivity contribution in [3.63, 3.8) is 0 Å². The number of benzene rings is 1. The second-order valence-electron chi connectivity index (χ2n) is 9.89. The zero-order valence-electron chi connectivity index (χ0n) is 22.4. The van der Waals surface area contributed by atoms with Gasteiger partial charge >= 0.3 is 0 Å². The molecule has 39 heavy (non-hydrogen) atoms. The quantitative estimate of drug-likeness (QED) is 0.290. The number of pyridine rings is 3. The standard InChI is InChI=1S/C30H31N7O2/c1-17(2)37-28-25(16-34-37)23(29(38)33-15-24-18(3)11-19(4)35-30(24)39)12-27(36-28)21-9-10-26(32-14-21)22-8-6-5-7-20(22)13-31/h5-12,14,16-17H,13,15,31H2,1-4H3,(H,33,38)(H,35,39). The number of aryl methyl sites for hydroxylation is 2. The van der Waals surface area contributed by atoms with Gasteiger partial charge in [0.05, 0.1) is 28.5 Å². The number of fused-ring (bicyclic) bond motifs is 1. The molecule has 198 valence electrons. The highest BCUT2D eigenvalue weighted by atomic mass is 16.1. The van der Waals surface area contributed by atoms with Crippen molar-refractivity contribution in [2.45, 2.75) is 46.8 Å². The predicted molar refractivity (Wildman–Crippen MR) is 152 cm³/mol. The SMILES string of the molecule is Cc1cc(C)c(CNC(=O)c2cc(-c3ccc(-c4ccccc4CN)nc3)nc3c2cnn3C(C)C)c(=O)[nH]1. The summed E-state index contributed by atoms with van der Waals surface area (Å²) in [6, 6.07) is 15.5. The minimum Gasteiger partial charge on any atom is -0.348 e. The van der Waals surface area contributed by atoms with E-state index in [4.69, 9.17) is 10.7 Å². The third kappa shape index (κ3) is 5.08. The number of carbonyl (C=O) groups is 1. The van der Waals surface area contributed by atoms with Gasteiger partial charge < -0.3 is 16.0 Å². The van der Waals surface area contributed by atoms with Gasteiger partial charge in [-0.05, 0) is 63.1 Å². The van der Waals surface area contributed by atoms with E-state index < -0.39 is 0 Å². The Hall–Kier alpha value is -4.63. The van der Waals surface area contributed by atoms with Gasteiger partial charge in [0.2, 0.25) is 0 Å². The lowest BCUT2D eigenvalue weighted by Gasteiger charge is -2.12. The molecule has 4 N–H and O–H groups in total. The number of amides is 1. The molecule has 0 saturated heterocycles. The van der Waals surface area contributed by atoms with Crippen molar-refractivity contribution < 1.29 is 4.79 Å². The van der Waals surface area contributed by atoms with E-state index in [1.807, 2.05) is 70.2 Å². The Morgan fingerprint density at radius 1 is 1.08 bits per heavy atom. The summed E-state index contributed by atoms with van der Waals surface area (Å²) in [5.74, 6) is -0.312. The van der Waals surface area contributed by atoms with Gasteiger partial charge in [0, 0.05) is 47.7 Å². The smallest absolute Gasteiger partial charge is 0.253 e. The van der Waals surface area contributed by atoms with Crippen LogP contribution in [0.1, 0.15) is 52.6 Å². The number of hydrogen-bond acceptors (Lipinski definition) is 6. The second kappa shape index (κ2) is 10.6. The van der Waals surface area contributed by atoms with E-state index in [9.17, 15) is 9.59 Å². The first-order valence-corrected chi connectivity index (χ1v) is 12.9. The van der Waals surface area contributed by atoms with Crippen molar-refractivity contribution in [2.24, 2.45) is 5.73 Å². The Morgan fingerprint density at radius 3 is 2.56 bits per heavy atom. The Kier molecular flexibility index (Phi) is 7.08. The predicted octanol–water partition coefficient (Wildman–Crippen LogP) is 4.44. The largest absolute Gasteiger partial charge is 0.348 e. The zero-order valence-corrected chi connectivity index (χ0v) is 22.4. The summed E-state index contributed by atoms with van der Waals surface area (Å²) in [7, 11) is 0. The molecule has 0 atom stereocenters. The number of aromatic amines is 1. The highest BCUT2D eigenvalue weighted by Gasteiger charge is 2.19. The lowest BCUT2D eigenvalue weighted by Crippen LogP contribution is -2.28. The van der Waals surface area contributed by atoms with Crippen LogP contribution in [0.3, 0.4) is 0 Å². The lowest BCUT2D eigenvalue weighted by atomic mass is 10.0. The van der Waals surface area contributed by atoms with E-state index in [1.165, 1.54) is 0 Å². The Bertz CT molecular complexity index is 1730. The highest BCUT2D eigenvalue weighted by Crippen LogP contribution is 2.28. The molecule has 9 nitrogen and oxygen atoms in total. The minimum atomic E-state index is -0.312. The van der Waals surface area contributed by atoms with Gasteiger partial charge in [-0.15, -0.1) is 0 Å². The van der Waals surface area contributed by atoms with Crippen molar-refractivity contribution in [2.75, 3.05) is 0 Å². The van der Waals surface area contributed by atoms with Gasteiger partial charge in [-0.3, -0.25) is 14.6 Å². The molecule has 0 unspecified atom stereocenters. The molecule has 4 aromatic heterocycles. The van der Waals surface area contributed by atoms with Gasteiger partial charge in [-0.1, -0.05) is 24.3 Å². The highest BCUT2D eigenvalue weighted by molar-refractivity contribution is 6.06. The third-order valence-electron chi connectivity index (χ3n) is 6.79. The molecular formula is C30H31N7O2. The lowest BCUT2D eigenvalue weighted by molar-refractivity contribution is 0.0952. The van der Waals surface area contributed by atoms with Crippen LogP contribution in [-0.2, 0) is 13.1 Å². The molecular weight excluding hydrogens is 490 g/mol. The Morgan fingerprint density at radius 2 is 1.87 bits per heavy atom. The normalized spacial score (nSPS) is 11.3.